The number of benzene rings is 4. The van der Waals surface area contributed by atoms with Gasteiger partial charge in [-0.15, -0.1) is 0 Å². The summed E-state index contributed by atoms with van der Waals surface area (Å²) in [6.07, 6.45) is 0. The van der Waals surface area contributed by atoms with E-state index in [0.717, 1.165) is 0 Å². The lowest BCUT2D eigenvalue weighted by Crippen LogP contribution is -2.46. The average molecular weight is 477 g/mol. The molecule has 0 aliphatic carbocycles. The largest absolute Gasteiger partial charge is 0.536 e. The van der Waals surface area contributed by atoms with E-state index in [2.05, 4.69) is 117 Å². The normalized spacial score (nSPS) is 10.9. The van der Waals surface area contributed by atoms with E-state index >= 15 is 0 Å². The first-order valence-electron chi connectivity index (χ1n) is 11.3. The molecule has 0 fully saturated rings. The third kappa shape index (κ3) is 5.84. The maximum Gasteiger partial charge on any atom is 0.352 e. The second-order valence-electron chi connectivity index (χ2n) is 7.98. The van der Waals surface area contributed by atoms with Crippen LogP contribution in [0.1, 0.15) is 6.92 Å². The van der Waals surface area contributed by atoms with Crippen LogP contribution in [-0.2, 0) is 8.85 Å². The minimum Gasteiger partial charge on any atom is -0.536 e. The zero-order valence-corrected chi connectivity index (χ0v) is 21.4. The van der Waals surface area contributed by atoms with Crippen LogP contribution in [0.15, 0.2) is 146 Å². The highest BCUT2D eigenvalue weighted by Crippen LogP contribution is 2.21. The summed E-state index contributed by atoms with van der Waals surface area (Å²) < 4.78 is 13.2. The molecule has 0 aromatic heterocycles. The van der Waals surface area contributed by atoms with Gasteiger partial charge in [-0.1, -0.05) is 134 Å². The van der Waals surface area contributed by atoms with Crippen molar-refractivity contribution >= 4 is 38.8 Å². The van der Waals surface area contributed by atoms with Gasteiger partial charge in [0.1, 0.15) is 0 Å². The van der Waals surface area contributed by atoms with Crippen molar-refractivity contribution in [3.63, 3.8) is 0 Å². The molecule has 0 N–H and O–H groups in total. The topological polar surface area (TPSA) is 18.5 Å². The predicted octanol–water partition coefficient (Wildman–Crippen LogP) is 4.29. The molecule has 0 aliphatic rings. The Balaban J connectivity index is 1.53. The summed E-state index contributed by atoms with van der Waals surface area (Å²) in [4.78, 5) is 0. The van der Waals surface area contributed by atoms with Gasteiger partial charge in [0, 0.05) is 0 Å². The Bertz CT molecular complexity index is 1020. The smallest absolute Gasteiger partial charge is 0.352 e. The highest BCUT2D eigenvalue weighted by Gasteiger charge is 2.27. The van der Waals surface area contributed by atoms with Crippen LogP contribution in [-0.4, -0.2) is 18.1 Å². The molecular weight excluding hydrogens is 449 g/mol. The molecule has 0 atom stereocenters. The van der Waals surface area contributed by atoms with E-state index in [1.807, 2.05) is 24.3 Å². The molecule has 0 amide bonds. The van der Waals surface area contributed by atoms with Crippen molar-refractivity contribution in [1.29, 1.82) is 0 Å². The molecule has 0 unspecified atom stereocenters. The Hall–Kier alpha value is -3.61. The predicted molar refractivity (Wildman–Crippen MR) is 145 cm³/mol. The summed E-state index contributed by atoms with van der Waals surface area (Å²) in [6.45, 7) is 10.6. The molecule has 34 heavy (non-hydrogen) atoms. The first kappa shape index (κ1) is 23.5. The summed E-state index contributed by atoms with van der Waals surface area (Å²) in [5, 5.41) is 4.71. The van der Waals surface area contributed by atoms with Gasteiger partial charge in [0.15, 0.2) is 0 Å². The highest BCUT2D eigenvalue weighted by molar-refractivity contribution is 6.80. The zero-order valence-electron chi connectivity index (χ0n) is 19.4. The molecule has 4 aromatic rings. The van der Waals surface area contributed by atoms with Crippen molar-refractivity contribution in [2.75, 3.05) is 0 Å². The lowest BCUT2D eigenvalue weighted by Gasteiger charge is -2.26. The van der Waals surface area contributed by atoms with Crippen molar-refractivity contribution in [3.8, 4) is 0 Å². The summed E-state index contributed by atoms with van der Waals surface area (Å²) >= 11 is 0. The Kier molecular flexibility index (Phi) is 7.97. The number of hydrogen-bond donors (Lipinski definition) is 0. The molecule has 2 radical (unpaired) electrons. The Morgan fingerprint density at radius 3 is 0.971 bits per heavy atom. The average Bonchev–Trinajstić information content (AvgIpc) is 2.91. The van der Waals surface area contributed by atoms with Crippen LogP contribution in [0, 0.1) is 5.92 Å². The highest BCUT2D eigenvalue weighted by atomic mass is 28.3. The van der Waals surface area contributed by atoms with Crippen molar-refractivity contribution < 1.29 is 8.85 Å². The van der Waals surface area contributed by atoms with E-state index in [-0.39, 0.29) is 5.92 Å². The summed E-state index contributed by atoms with van der Waals surface area (Å²) in [7, 11) is -2.99. The Labute approximate surface area is 206 Å². The van der Waals surface area contributed by atoms with E-state index in [1.54, 1.807) is 0 Å². The second-order valence-corrected chi connectivity index (χ2v) is 12.0. The third-order valence-corrected chi connectivity index (χ3v) is 9.94. The molecule has 168 valence electrons. The Morgan fingerprint density at radius 2 is 0.735 bits per heavy atom. The number of hydrogen-bond acceptors (Lipinski definition) is 2. The molecule has 0 bridgehead atoms. The Morgan fingerprint density at radius 1 is 0.500 bits per heavy atom. The third-order valence-electron chi connectivity index (χ3n) is 5.58. The van der Waals surface area contributed by atoms with E-state index in [4.69, 9.17) is 8.85 Å². The van der Waals surface area contributed by atoms with Crippen LogP contribution in [0.5, 0.6) is 0 Å². The lowest BCUT2D eigenvalue weighted by molar-refractivity contribution is 0.327. The van der Waals surface area contributed by atoms with Crippen LogP contribution in [0.25, 0.3) is 0 Å². The molecule has 4 aromatic carbocycles. The van der Waals surface area contributed by atoms with Crippen molar-refractivity contribution in [1.82, 2.24) is 0 Å². The molecule has 2 nitrogen and oxygen atoms in total. The fourth-order valence-electron chi connectivity index (χ4n) is 3.55. The van der Waals surface area contributed by atoms with Crippen LogP contribution in [0.2, 0.25) is 0 Å². The molecule has 0 heterocycles. The first-order valence-corrected chi connectivity index (χ1v) is 14.1. The van der Waals surface area contributed by atoms with Crippen molar-refractivity contribution in [3.05, 3.63) is 146 Å². The molecule has 0 saturated heterocycles. The summed E-state index contributed by atoms with van der Waals surface area (Å²) in [5.41, 5.74) is 0. The quantitative estimate of drug-likeness (QED) is 0.251. The van der Waals surface area contributed by atoms with Gasteiger partial charge in [-0.2, -0.15) is 0 Å². The molecule has 4 rings (SSSR count). The van der Waals surface area contributed by atoms with Crippen LogP contribution in [0.4, 0.5) is 0 Å². The molecule has 0 spiro atoms. The minimum atomic E-state index is -1.50. The van der Waals surface area contributed by atoms with Gasteiger partial charge < -0.3 is 8.85 Å². The standard InChI is InChI=1S/C30H28O2Si2/c1-24(25(2)31-33(27-16-8-4-9-17-27)28-18-10-5-11-19-28)26(3)32-34(29-20-12-6-13-21-29)30-22-14-7-15-23-30/h4-24H,2-3H2,1H3. The lowest BCUT2D eigenvalue weighted by atomic mass is 10.1. The molecule has 0 aliphatic heterocycles. The van der Waals surface area contributed by atoms with Gasteiger partial charge in [0.2, 0.25) is 0 Å². The van der Waals surface area contributed by atoms with E-state index in [1.165, 1.54) is 20.7 Å². The van der Waals surface area contributed by atoms with E-state index in [9.17, 15) is 0 Å². The van der Waals surface area contributed by atoms with Gasteiger partial charge in [0.05, 0.1) is 17.4 Å². The van der Waals surface area contributed by atoms with Gasteiger partial charge in [-0.3, -0.25) is 0 Å². The van der Waals surface area contributed by atoms with E-state index in [0.29, 0.717) is 11.5 Å². The molecule has 4 heteroatoms. The molecule has 0 saturated carbocycles. The zero-order chi connectivity index (χ0) is 23.8. The number of rotatable bonds is 10. The van der Waals surface area contributed by atoms with Crippen molar-refractivity contribution in [2.45, 2.75) is 6.92 Å². The monoisotopic (exact) mass is 476 g/mol. The maximum absolute atomic E-state index is 6.58. The van der Waals surface area contributed by atoms with Crippen LogP contribution in [0.3, 0.4) is 0 Å². The SMILES string of the molecule is C=C(O[Si](c1ccccc1)c1ccccc1)C(C)C(=C)O[Si](c1ccccc1)c1ccccc1. The van der Waals surface area contributed by atoms with Crippen LogP contribution >= 0.6 is 0 Å². The summed E-state index contributed by atoms with van der Waals surface area (Å²) in [5.74, 6) is 1.20. The van der Waals surface area contributed by atoms with Gasteiger partial charge in [-0.05, 0) is 27.7 Å². The van der Waals surface area contributed by atoms with Gasteiger partial charge in [0.25, 0.3) is 0 Å². The summed E-state index contributed by atoms with van der Waals surface area (Å²) in [6, 6.07) is 41.5. The fourth-order valence-corrected chi connectivity index (χ4v) is 7.54. The molecular formula is C30H28O2Si2. The maximum atomic E-state index is 6.58. The first-order chi connectivity index (χ1) is 16.6. The van der Waals surface area contributed by atoms with Crippen LogP contribution < -0.4 is 20.7 Å². The van der Waals surface area contributed by atoms with Gasteiger partial charge >= 0.3 is 18.1 Å². The minimum absolute atomic E-state index is 0.153. The van der Waals surface area contributed by atoms with Crippen molar-refractivity contribution in [2.24, 2.45) is 5.92 Å². The van der Waals surface area contributed by atoms with E-state index < -0.39 is 18.1 Å². The van der Waals surface area contributed by atoms with Gasteiger partial charge in [-0.25, -0.2) is 0 Å². The second kappa shape index (κ2) is 11.5. The fraction of sp³-hybridized carbons (Fsp3) is 0.0667.